The fourth-order valence-electron chi connectivity index (χ4n) is 2.71. The van der Waals surface area contributed by atoms with Crippen molar-refractivity contribution in [1.82, 2.24) is 4.98 Å². The van der Waals surface area contributed by atoms with Gasteiger partial charge in [0.2, 0.25) is 0 Å². The van der Waals surface area contributed by atoms with E-state index in [0.29, 0.717) is 25.3 Å². The summed E-state index contributed by atoms with van der Waals surface area (Å²) in [5, 5.41) is 0. The molecule has 22 heavy (non-hydrogen) atoms. The van der Waals surface area contributed by atoms with Gasteiger partial charge in [-0.3, -0.25) is 0 Å². The maximum atomic E-state index is 13.1. The third-order valence-electron chi connectivity index (χ3n) is 3.82. The van der Waals surface area contributed by atoms with Crippen LogP contribution >= 0.6 is 0 Å². The van der Waals surface area contributed by atoms with E-state index >= 15 is 0 Å². The number of hydrogen-bond acceptors (Lipinski definition) is 3. The largest absolute Gasteiger partial charge is 0.497 e. The van der Waals surface area contributed by atoms with Crippen molar-refractivity contribution < 1.29 is 17.9 Å². The highest BCUT2D eigenvalue weighted by atomic mass is 19.4. The van der Waals surface area contributed by atoms with Gasteiger partial charge in [-0.1, -0.05) is 6.07 Å². The molecule has 0 bridgehead atoms. The molecular formula is C16H15F3N2O. The van der Waals surface area contributed by atoms with Crippen molar-refractivity contribution in [2.75, 3.05) is 18.6 Å². The van der Waals surface area contributed by atoms with Crippen LogP contribution < -0.4 is 9.64 Å². The summed E-state index contributed by atoms with van der Waals surface area (Å²) < 4.78 is 44.6. The number of ether oxygens (including phenoxy) is 1. The van der Waals surface area contributed by atoms with Crippen LogP contribution in [0.2, 0.25) is 0 Å². The average molecular weight is 308 g/mol. The van der Waals surface area contributed by atoms with E-state index < -0.39 is 11.7 Å². The number of alkyl halides is 3. The predicted molar refractivity (Wildman–Crippen MR) is 77.0 cm³/mol. The molecule has 0 unspecified atom stereocenters. The summed E-state index contributed by atoms with van der Waals surface area (Å²) in [5.41, 5.74) is 1.42. The number of benzene rings is 1. The third kappa shape index (κ3) is 2.73. The standard InChI is InChI=1S/C16H15F3N2O/c1-22-13-5-4-11-6-8-21(10-12(11)9-13)15-14(16(17,18)19)3-2-7-20-15/h2-5,7,9H,6,8,10H2,1H3. The first kappa shape index (κ1) is 14.7. The van der Waals surface area contributed by atoms with Crippen LogP contribution in [0.25, 0.3) is 0 Å². The Hall–Kier alpha value is -2.24. The summed E-state index contributed by atoms with van der Waals surface area (Å²) in [6.07, 6.45) is -2.32. The van der Waals surface area contributed by atoms with Gasteiger partial charge in [-0.15, -0.1) is 0 Å². The van der Waals surface area contributed by atoms with Crippen molar-refractivity contribution in [3.63, 3.8) is 0 Å². The number of nitrogens with zero attached hydrogens (tertiary/aromatic N) is 2. The van der Waals surface area contributed by atoms with E-state index in [1.807, 2.05) is 18.2 Å². The number of anilines is 1. The highest BCUT2D eigenvalue weighted by molar-refractivity contribution is 5.51. The van der Waals surface area contributed by atoms with Crippen LogP contribution in [0, 0.1) is 0 Å². The smallest absolute Gasteiger partial charge is 0.419 e. The van der Waals surface area contributed by atoms with Crippen LogP contribution in [-0.4, -0.2) is 18.6 Å². The van der Waals surface area contributed by atoms with E-state index in [0.717, 1.165) is 17.2 Å². The normalized spacial score (nSPS) is 14.6. The van der Waals surface area contributed by atoms with Crippen LogP contribution in [0.3, 0.4) is 0 Å². The quantitative estimate of drug-likeness (QED) is 0.846. The van der Waals surface area contributed by atoms with Gasteiger partial charge >= 0.3 is 6.18 Å². The zero-order valence-corrected chi connectivity index (χ0v) is 12.0. The van der Waals surface area contributed by atoms with Gasteiger partial charge in [0.05, 0.1) is 12.7 Å². The first-order valence-corrected chi connectivity index (χ1v) is 6.92. The number of fused-ring (bicyclic) bond motifs is 1. The molecule has 6 heteroatoms. The van der Waals surface area contributed by atoms with E-state index in [2.05, 4.69) is 4.98 Å². The van der Waals surface area contributed by atoms with Gasteiger partial charge in [0.15, 0.2) is 0 Å². The van der Waals surface area contributed by atoms with Gasteiger partial charge in [-0.25, -0.2) is 4.98 Å². The van der Waals surface area contributed by atoms with Crippen molar-refractivity contribution in [2.24, 2.45) is 0 Å². The first-order chi connectivity index (χ1) is 10.5. The Bertz CT molecular complexity index is 685. The van der Waals surface area contributed by atoms with Gasteiger partial charge in [0, 0.05) is 19.3 Å². The molecule has 3 rings (SSSR count). The number of methoxy groups -OCH3 is 1. The highest BCUT2D eigenvalue weighted by Crippen LogP contribution is 2.37. The van der Waals surface area contributed by atoms with Gasteiger partial charge in [0.25, 0.3) is 0 Å². The Morgan fingerprint density at radius 2 is 2.00 bits per heavy atom. The Kier molecular flexibility index (Phi) is 3.68. The lowest BCUT2D eigenvalue weighted by Crippen LogP contribution is -2.32. The second-order valence-electron chi connectivity index (χ2n) is 5.18. The van der Waals surface area contributed by atoms with Gasteiger partial charge in [-0.05, 0) is 41.8 Å². The molecule has 1 aromatic carbocycles. The average Bonchev–Trinajstić information content (AvgIpc) is 2.53. The van der Waals surface area contributed by atoms with Crippen molar-refractivity contribution >= 4 is 5.82 Å². The van der Waals surface area contributed by atoms with Crippen molar-refractivity contribution in [2.45, 2.75) is 19.1 Å². The summed E-state index contributed by atoms with van der Waals surface area (Å²) in [6.45, 7) is 0.909. The fourth-order valence-corrected chi connectivity index (χ4v) is 2.71. The Balaban J connectivity index is 1.95. The molecule has 0 radical (unpaired) electrons. The first-order valence-electron chi connectivity index (χ1n) is 6.92. The lowest BCUT2D eigenvalue weighted by molar-refractivity contribution is -0.137. The Morgan fingerprint density at radius 1 is 1.18 bits per heavy atom. The van der Waals surface area contributed by atoms with Gasteiger partial charge in [0.1, 0.15) is 11.6 Å². The van der Waals surface area contributed by atoms with E-state index in [1.54, 1.807) is 12.0 Å². The third-order valence-corrected chi connectivity index (χ3v) is 3.82. The van der Waals surface area contributed by atoms with E-state index in [9.17, 15) is 13.2 Å². The molecule has 0 amide bonds. The number of aromatic nitrogens is 1. The van der Waals surface area contributed by atoms with Crippen molar-refractivity contribution in [3.05, 3.63) is 53.2 Å². The van der Waals surface area contributed by atoms with Gasteiger partial charge in [-0.2, -0.15) is 13.2 Å². The molecule has 2 heterocycles. The Labute approximate surface area is 126 Å². The number of halogens is 3. The molecule has 0 fully saturated rings. The van der Waals surface area contributed by atoms with Crippen LogP contribution in [-0.2, 0) is 19.1 Å². The molecule has 0 spiro atoms. The predicted octanol–water partition coefficient (Wildman–Crippen LogP) is 3.67. The molecule has 0 aliphatic carbocycles. The molecular weight excluding hydrogens is 293 g/mol. The van der Waals surface area contributed by atoms with Crippen LogP contribution in [0.15, 0.2) is 36.5 Å². The van der Waals surface area contributed by atoms with E-state index in [1.165, 1.54) is 12.3 Å². The molecule has 0 saturated carbocycles. The molecule has 1 aromatic heterocycles. The molecule has 2 aromatic rings. The monoisotopic (exact) mass is 308 g/mol. The van der Waals surface area contributed by atoms with Crippen LogP contribution in [0.4, 0.5) is 19.0 Å². The zero-order chi connectivity index (χ0) is 15.7. The minimum Gasteiger partial charge on any atom is -0.497 e. The zero-order valence-electron chi connectivity index (χ0n) is 12.0. The molecule has 3 nitrogen and oxygen atoms in total. The van der Waals surface area contributed by atoms with Crippen molar-refractivity contribution in [1.29, 1.82) is 0 Å². The summed E-state index contributed by atoms with van der Waals surface area (Å²) >= 11 is 0. The van der Waals surface area contributed by atoms with Gasteiger partial charge < -0.3 is 9.64 Å². The van der Waals surface area contributed by atoms with Crippen LogP contribution in [0.5, 0.6) is 5.75 Å². The molecule has 0 N–H and O–H groups in total. The SMILES string of the molecule is COc1ccc2c(c1)CN(c1ncccc1C(F)(F)F)CC2. The van der Waals surface area contributed by atoms with Crippen LogP contribution in [0.1, 0.15) is 16.7 Å². The topological polar surface area (TPSA) is 25.4 Å². The minimum atomic E-state index is -4.40. The number of pyridine rings is 1. The molecule has 0 saturated heterocycles. The summed E-state index contributed by atoms with van der Waals surface area (Å²) in [4.78, 5) is 5.63. The molecule has 1 aliphatic heterocycles. The summed E-state index contributed by atoms with van der Waals surface area (Å²) in [7, 11) is 1.57. The summed E-state index contributed by atoms with van der Waals surface area (Å²) in [6, 6.07) is 8.10. The number of rotatable bonds is 2. The van der Waals surface area contributed by atoms with Crippen molar-refractivity contribution in [3.8, 4) is 5.75 Å². The molecule has 1 aliphatic rings. The maximum absolute atomic E-state index is 13.1. The Morgan fingerprint density at radius 3 is 2.73 bits per heavy atom. The fraction of sp³-hybridized carbons (Fsp3) is 0.312. The summed E-state index contributed by atoms with van der Waals surface area (Å²) in [5.74, 6) is 0.695. The van der Waals surface area contributed by atoms with E-state index in [4.69, 9.17) is 4.74 Å². The minimum absolute atomic E-state index is 0.0107. The second-order valence-corrected chi connectivity index (χ2v) is 5.18. The lowest BCUT2D eigenvalue weighted by Gasteiger charge is -2.31. The second kappa shape index (κ2) is 5.51. The lowest BCUT2D eigenvalue weighted by atomic mass is 9.99. The number of hydrogen-bond donors (Lipinski definition) is 0. The van der Waals surface area contributed by atoms with E-state index in [-0.39, 0.29) is 5.82 Å². The molecule has 0 atom stereocenters. The highest BCUT2D eigenvalue weighted by Gasteiger charge is 2.36. The maximum Gasteiger partial charge on any atom is 0.419 e. The molecule has 116 valence electrons.